The van der Waals surface area contributed by atoms with Crippen LogP contribution in [0, 0.1) is 11.6 Å². The molecule has 6 rings (SSSR count). The van der Waals surface area contributed by atoms with Crippen LogP contribution in [0.5, 0.6) is 5.75 Å². The van der Waals surface area contributed by atoms with Gasteiger partial charge in [-0.25, -0.2) is 13.7 Å². The molecule has 0 radical (unpaired) electrons. The van der Waals surface area contributed by atoms with E-state index in [9.17, 15) is 18.8 Å². The highest BCUT2D eigenvalue weighted by Crippen LogP contribution is 2.51. The van der Waals surface area contributed by atoms with Gasteiger partial charge in [0.1, 0.15) is 11.6 Å². The fraction of sp³-hybridized carbons (Fsp3) is 0.286. The molecule has 3 amide bonds. The summed E-state index contributed by atoms with van der Waals surface area (Å²) in [5, 5.41) is 0. The zero-order valence-corrected chi connectivity index (χ0v) is 15.5. The maximum absolute atomic E-state index is 15.0. The lowest BCUT2D eigenvalue weighted by Crippen LogP contribution is -2.49. The van der Waals surface area contributed by atoms with Gasteiger partial charge in [-0.1, -0.05) is 0 Å². The van der Waals surface area contributed by atoms with Gasteiger partial charge in [-0.15, -0.1) is 0 Å². The molecular formula is C21H14F2N2O5. The second kappa shape index (κ2) is 5.63. The van der Waals surface area contributed by atoms with Crippen LogP contribution in [0.2, 0.25) is 0 Å². The Labute approximate surface area is 168 Å². The Hall–Kier alpha value is -3.33. The molecule has 1 saturated carbocycles. The van der Waals surface area contributed by atoms with Crippen molar-refractivity contribution >= 4 is 29.1 Å². The van der Waals surface area contributed by atoms with Crippen molar-refractivity contribution in [3.8, 4) is 5.75 Å². The van der Waals surface area contributed by atoms with Crippen LogP contribution in [0.4, 0.5) is 20.2 Å². The molecule has 9 heteroatoms. The molecule has 0 aromatic heterocycles. The average Bonchev–Trinajstić information content (AvgIpc) is 3.63. The first kappa shape index (κ1) is 17.5. The molecule has 7 nitrogen and oxygen atoms in total. The fourth-order valence-corrected chi connectivity index (χ4v) is 4.03. The summed E-state index contributed by atoms with van der Waals surface area (Å²) in [6.07, 6.45) is 0.966. The van der Waals surface area contributed by atoms with Crippen molar-refractivity contribution in [1.82, 2.24) is 0 Å². The van der Waals surface area contributed by atoms with Gasteiger partial charge in [-0.2, -0.15) is 0 Å². The number of rotatable bonds is 3. The van der Waals surface area contributed by atoms with Crippen LogP contribution in [0.25, 0.3) is 0 Å². The fourth-order valence-electron chi connectivity index (χ4n) is 4.03. The quantitative estimate of drug-likeness (QED) is 0.572. The monoisotopic (exact) mass is 412 g/mol. The van der Waals surface area contributed by atoms with Gasteiger partial charge >= 0.3 is 0 Å². The van der Waals surface area contributed by atoms with Crippen LogP contribution in [0.3, 0.4) is 0 Å². The van der Waals surface area contributed by atoms with E-state index in [0.717, 1.165) is 18.2 Å². The van der Waals surface area contributed by atoms with E-state index in [4.69, 9.17) is 9.47 Å². The number of halogens is 2. The van der Waals surface area contributed by atoms with Crippen molar-refractivity contribution in [2.24, 2.45) is 0 Å². The molecule has 1 spiro atoms. The summed E-state index contributed by atoms with van der Waals surface area (Å²) < 4.78 is 39.6. The minimum absolute atomic E-state index is 0.00832. The Kier molecular flexibility index (Phi) is 3.29. The molecule has 30 heavy (non-hydrogen) atoms. The summed E-state index contributed by atoms with van der Waals surface area (Å²) in [5.74, 6) is -3.17. The number of epoxide rings is 1. The lowest BCUT2D eigenvalue weighted by molar-refractivity contribution is -0.128. The lowest BCUT2D eigenvalue weighted by atomic mass is 10.1. The first-order valence-corrected chi connectivity index (χ1v) is 9.52. The van der Waals surface area contributed by atoms with Gasteiger partial charge in [0.25, 0.3) is 17.7 Å². The van der Waals surface area contributed by atoms with Gasteiger partial charge in [-0.05, 0) is 24.3 Å². The first-order valence-electron chi connectivity index (χ1n) is 9.52. The van der Waals surface area contributed by atoms with Crippen LogP contribution in [0.15, 0.2) is 30.3 Å². The van der Waals surface area contributed by atoms with Crippen LogP contribution in [-0.2, 0) is 9.53 Å². The van der Waals surface area contributed by atoms with E-state index in [-0.39, 0.29) is 46.8 Å². The molecule has 2 aromatic carbocycles. The molecule has 0 bridgehead atoms. The summed E-state index contributed by atoms with van der Waals surface area (Å²) in [7, 11) is 0. The number of ether oxygens (including phenoxy) is 2. The molecule has 4 aliphatic rings. The maximum Gasteiger partial charge on any atom is 0.271 e. The average molecular weight is 412 g/mol. The smallest absolute Gasteiger partial charge is 0.271 e. The third-order valence-electron chi connectivity index (χ3n) is 5.84. The molecule has 1 aliphatic carbocycles. The molecule has 2 fully saturated rings. The summed E-state index contributed by atoms with van der Waals surface area (Å²) in [4.78, 5) is 40.6. The first-order chi connectivity index (χ1) is 14.4. The Morgan fingerprint density at radius 2 is 1.73 bits per heavy atom. The summed E-state index contributed by atoms with van der Waals surface area (Å²) in [5.41, 5.74) is -1.16. The van der Waals surface area contributed by atoms with Crippen molar-refractivity contribution in [3.05, 3.63) is 53.1 Å². The van der Waals surface area contributed by atoms with E-state index >= 15 is 4.39 Å². The highest BCUT2D eigenvalue weighted by atomic mass is 19.1. The van der Waals surface area contributed by atoms with Crippen LogP contribution in [0.1, 0.15) is 33.6 Å². The van der Waals surface area contributed by atoms with E-state index in [1.54, 1.807) is 0 Å². The second-order valence-corrected chi connectivity index (χ2v) is 7.87. The number of imide groups is 1. The number of hydrogen-bond donors (Lipinski definition) is 0. The van der Waals surface area contributed by atoms with Crippen LogP contribution in [-0.4, -0.2) is 42.6 Å². The molecule has 0 N–H and O–H groups in total. The largest absolute Gasteiger partial charge is 0.475 e. The van der Waals surface area contributed by atoms with Gasteiger partial charge in [0, 0.05) is 18.9 Å². The van der Waals surface area contributed by atoms with Gasteiger partial charge in [0.2, 0.25) is 0 Å². The van der Waals surface area contributed by atoms with Crippen molar-refractivity contribution in [2.75, 3.05) is 23.0 Å². The highest BCUT2D eigenvalue weighted by molar-refractivity contribution is 6.34. The number of anilines is 2. The van der Waals surface area contributed by atoms with Crippen molar-refractivity contribution in [1.29, 1.82) is 0 Å². The predicted octanol–water partition coefficient (Wildman–Crippen LogP) is 2.42. The van der Waals surface area contributed by atoms with E-state index in [0.29, 0.717) is 24.3 Å². The standard InChI is InChI=1S/C21H14F2N2O5/c22-10-1-2-12-13(5-10)19(27)25(18(12)26)15-7-16-17(6-14(15)23)30-21(3-4-21)20(28)24(16)8-11-9-29-11/h1-2,5-7,11H,3-4,8-9H2. The van der Waals surface area contributed by atoms with Crippen LogP contribution >= 0.6 is 0 Å². The Bertz CT molecular complexity index is 1170. The van der Waals surface area contributed by atoms with E-state index in [1.165, 1.54) is 17.0 Å². The van der Waals surface area contributed by atoms with Gasteiger partial charge in [0.05, 0.1) is 41.8 Å². The number of hydrogen-bond acceptors (Lipinski definition) is 5. The zero-order valence-electron chi connectivity index (χ0n) is 15.5. The third-order valence-corrected chi connectivity index (χ3v) is 5.84. The summed E-state index contributed by atoms with van der Waals surface area (Å²) in [6, 6.07) is 5.56. The van der Waals surface area contributed by atoms with Crippen molar-refractivity contribution < 1.29 is 32.6 Å². The summed E-state index contributed by atoms with van der Waals surface area (Å²) in [6.45, 7) is 0.792. The molecule has 2 aromatic rings. The van der Waals surface area contributed by atoms with E-state index in [2.05, 4.69) is 0 Å². The van der Waals surface area contributed by atoms with E-state index < -0.39 is 29.0 Å². The predicted molar refractivity (Wildman–Crippen MR) is 98.6 cm³/mol. The number of fused-ring (bicyclic) bond motifs is 2. The number of carbonyl (C=O) groups excluding carboxylic acids is 3. The molecule has 1 unspecified atom stereocenters. The van der Waals surface area contributed by atoms with Gasteiger partial charge in [-0.3, -0.25) is 14.4 Å². The highest BCUT2D eigenvalue weighted by Gasteiger charge is 2.58. The number of amides is 3. The molecule has 3 aliphatic heterocycles. The number of carbonyl (C=O) groups is 3. The molecule has 3 heterocycles. The van der Waals surface area contributed by atoms with Crippen molar-refractivity contribution in [2.45, 2.75) is 24.5 Å². The van der Waals surface area contributed by atoms with Crippen molar-refractivity contribution in [3.63, 3.8) is 0 Å². The van der Waals surface area contributed by atoms with Gasteiger partial charge in [0.15, 0.2) is 11.4 Å². The minimum Gasteiger partial charge on any atom is -0.475 e. The molecule has 152 valence electrons. The lowest BCUT2D eigenvalue weighted by Gasteiger charge is -2.35. The Morgan fingerprint density at radius 1 is 1.00 bits per heavy atom. The Balaban J connectivity index is 1.46. The maximum atomic E-state index is 15.0. The topological polar surface area (TPSA) is 79.5 Å². The minimum atomic E-state index is -0.969. The van der Waals surface area contributed by atoms with Crippen LogP contribution < -0.4 is 14.5 Å². The molecule has 1 saturated heterocycles. The molecular weight excluding hydrogens is 398 g/mol. The number of nitrogens with zero attached hydrogens (tertiary/aromatic N) is 2. The third kappa shape index (κ3) is 2.35. The van der Waals surface area contributed by atoms with Gasteiger partial charge < -0.3 is 14.4 Å². The van der Waals surface area contributed by atoms with E-state index in [1.807, 2.05) is 0 Å². The normalized spacial score (nSPS) is 22.9. The SMILES string of the molecule is O=C1c2ccc(F)cc2C(=O)N1c1cc2c(cc1F)OC1(CC1)C(=O)N2CC1CO1. The Morgan fingerprint density at radius 3 is 2.43 bits per heavy atom. The molecule has 1 atom stereocenters. The summed E-state index contributed by atoms with van der Waals surface area (Å²) >= 11 is 0. The second-order valence-electron chi connectivity index (χ2n) is 7.87. The zero-order chi connectivity index (χ0) is 20.8. The number of benzene rings is 2.